The zero-order valence-corrected chi connectivity index (χ0v) is 30.6. The van der Waals surface area contributed by atoms with Gasteiger partial charge in [-0.2, -0.15) is 0 Å². The number of hydrogen-bond acceptors (Lipinski definition) is 12. The van der Waals surface area contributed by atoms with E-state index in [0.717, 1.165) is 16.7 Å². The zero-order valence-electron chi connectivity index (χ0n) is 28.6. The van der Waals surface area contributed by atoms with Crippen molar-refractivity contribution in [1.82, 2.24) is 9.97 Å². The van der Waals surface area contributed by atoms with Gasteiger partial charge in [0, 0.05) is 12.4 Å². The van der Waals surface area contributed by atoms with Gasteiger partial charge in [-0.3, -0.25) is 9.59 Å². The SMILES string of the molecule is [C-]#[N+]c1ccc(Oc2cc(C)c3c(c2)B(O)OC3CC(=O)O)nc1.[C-]#[N+]c1ccc(Oc2cc(C)c3c(c2)B(O)OC3CC(=O)OCC)nc1.[Na+].[OH-]. The van der Waals surface area contributed by atoms with Crippen molar-refractivity contribution >= 4 is 48.5 Å². The Bertz CT molecular complexity index is 1990. The van der Waals surface area contributed by atoms with Crippen molar-refractivity contribution in [3.8, 4) is 23.3 Å². The largest absolute Gasteiger partial charge is 1.00 e. The molecule has 18 heteroatoms. The van der Waals surface area contributed by atoms with Crippen molar-refractivity contribution in [3.63, 3.8) is 0 Å². The van der Waals surface area contributed by atoms with Crippen molar-refractivity contribution < 1.29 is 83.3 Å². The van der Waals surface area contributed by atoms with E-state index in [9.17, 15) is 19.6 Å². The van der Waals surface area contributed by atoms with Gasteiger partial charge in [-0.1, -0.05) is 0 Å². The van der Waals surface area contributed by atoms with Crippen LogP contribution in [0, 0.1) is 27.0 Å². The predicted octanol–water partition coefficient (Wildman–Crippen LogP) is 1.24. The first-order valence-electron chi connectivity index (χ1n) is 15.4. The molecule has 0 radical (unpaired) electrons. The molecule has 2 aliphatic heterocycles. The van der Waals surface area contributed by atoms with E-state index >= 15 is 0 Å². The number of aliphatic carboxylic acids is 1. The number of aromatic nitrogens is 2. The Morgan fingerprint density at radius 3 is 1.62 bits per heavy atom. The third-order valence-electron chi connectivity index (χ3n) is 7.71. The minimum atomic E-state index is -1.19. The molecule has 260 valence electrons. The Hall–Kier alpha value is -4.81. The third kappa shape index (κ3) is 9.95. The van der Waals surface area contributed by atoms with E-state index in [1.54, 1.807) is 62.4 Å². The maximum absolute atomic E-state index is 11.7. The maximum atomic E-state index is 11.7. The van der Waals surface area contributed by atoms with E-state index in [4.69, 9.17) is 41.8 Å². The summed E-state index contributed by atoms with van der Waals surface area (Å²) in [7, 11) is -2.33. The van der Waals surface area contributed by atoms with E-state index in [0.29, 0.717) is 57.7 Å². The maximum Gasteiger partial charge on any atom is 1.00 e. The molecule has 2 unspecified atom stereocenters. The van der Waals surface area contributed by atoms with Crippen LogP contribution >= 0.6 is 0 Å². The van der Waals surface area contributed by atoms with Gasteiger partial charge in [0.2, 0.25) is 23.1 Å². The van der Waals surface area contributed by atoms with Crippen LogP contribution in [0.25, 0.3) is 9.69 Å². The van der Waals surface area contributed by atoms with Crippen molar-refractivity contribution in [2.24, 2.45) is 0 Å². The average molecular weight is 716 g/mol. The van der Waals surface area contributed by atoms with Crippen LogP contribution < -0.4 is 50.0 Å². The predicted molar refractivity (Wildman–Crippen MR) is 182 cm³/mol. The first kappa shape index (κ1) is 41.6. The van der Waals surface area contributed by atoms with Gasteiger partial charge in [0.25, 0.3) is 0 Å². The second-order valence-corrected chi connectivity index (χ2v) is 11.2. The number of esters is 1. The van der Waals surface area contributed by atoms with E-state index in [1.165, 1.54) is 12.4 Å². The molecule has 0 spiro atoms. The fourth-order valence-corrected chi connectivity index (χ4v) is 5.65. The van der Waals surface area contributed by atoms with Crippen LogP contribution in [0.5, 0.6) is 23.3 Å². The number of carbonyl (C=O) groups excluding carboxylic acids is 1. The molecule has 2 aromatic carbocycles. The first-order valence-corrected chi connectivity index (χ1v) is 15.4. The molecule has 4 N–H and O–H groups in total. The number of rotatable bonds is 9. The molecule has 2 atom stereocenters. The number of ether oxygens (including phenoxy) is 3. The van der Waals surface area contributed by atoms with Crippen molar-refractivity contribution in [3.05, 3.63) is 106 Å². The van der Waals surface area contributed by atoms with Crippen molar-refractivity contribution in [1.29, 1.82) is 0 Å². The molecule has 0 bridgehead atoms. The Balaban J connectivity index is 0.000000271. The summed E-state index contributed by atoms with van der Waals surface area (Å²) in [6.45, 7) is 19.5. The summed E-state index contributed by atoms with van der Waals surface area (Å²) in [4.78, 5) is 37.3. The van der Waals surface area contributed by atoms with Crippen LogP contribution in [0.1, 0.15) is 54.2 Å². The molecule has 4 heterocycles. The number of fused-ring (bicyclic) bond motifs is 2. The standard InChI is InChI=1S/C18H17BN2O5.C16H13BN2O5.Na.H2O/c1-4-24-17(22)9-15-18-11(2)7-13(8-14(18)19(23)26-15)25-16-6-5-12(20-3)10-21-16;1-9-5-11(23-14-4-3-10(18-2)8-19-14)6-12-16(9)13(7-15(20)21)24-17(12)22;;/h5-8,10,15,23H,4,9H2,1-2H3;3-6,8,13,22H,7H2,1H3,(H,20,21);;1H2/q;;+1;/p-1. The van der Waals surface area contributed by atoms with Gasteiger partial charge in [0.05, 0.1) is 44.8 Å². The smallest absolute Gasteiger partial charge is 0.870 e. The summed E-state index contributed by atoms with van der Waals surface area (Å²) in [5.74, 6) is 0.229. The van der Waals surface area contributed by atoms with E-state index in [2.05, 4.69) is 19.7 Å². The quantitative estimate of drug-likeness (QED) is 0.127. The number of hydrogen-bond donors (Lipinski definition) is 3. The molecular weight excluding hydrogens is 685 g/mol. The second kappa shape index (κ2) is 18.6. The van der Waals surface area contributed by atoms with Gasteiger partial charge < -0.3 is 44.2 Å². The molecule has 2 aromatic heterocycles. The van der Waals surface area contributed by atoms with E-state index < -0.39 is 32.4 Å². The number of benzene rings is 2. The summed E-state index contributed by atoms with van der Waals surface area (Å²) < 4.78 is 27.2. The molecule has 0 amide bonds. The number of carboxylic acid groups (broad SMARTS) is 1. The summed E-state index contributed by atoms with van der Waals surface area (Å²) in [5, 5.41) is 29.2. The molecule has 4 aromatic rings. The van der Waals surface area contributed by atoms with Crippen LogP contribution in [-0.2, 0) is 23.6 Å². The molecule has 2 aliphatic rings. The number of carboxylic acids is 1. The van der Waals surface area contributed by atoms with Crippen LogP contribution in [0.3, 0.4) is 0 Å². The molecule has 0 saturated carbocycles. The fourth-order valence-electron chi connectivity index (χ4n) is 5.65. The molecular formula is C34H31B2N4NaO11. The number of nitrogens with zero attached hydrogens (tertiary/aromatic N) is 4. The third-order valence-corrected chi connectivity index (χ3v) is 7.71. The normalized spacial score (nSPS) is 14.9. The molecule has 0 fully saturated rings. The monoisotopic (exact) mass is 716 g/mol. The number of aryl methyl sites for hydroxylation is 2. The van der Waals surface area contributed by atoms with Crippen LogP contribution in [0.2, 0.25) is 0 Å². The van der Waals surface area contributed by atoms with Crippen molar-refractivity contribution in [2.45, 2.75) is 45.8 Å². The Morgan fingerprint density at radius 2 is 1.25 bits per heavy atom. The van der Waals surface area contributed by atoms with Gasteiger partial charge in [-0.25, -0.2) is 19.7 Å². The molecule has 0 aliphatic carbocycles. The second-order valence-electron chi connectivity index (χ2n) is 11.2. The number of pyridine rings is 2. The fraction of sp³-hybridized carbons (Fsp3) is 0.235. The first-order chi connectivity index (χ1) is 24.0. The van der Waals surface area contributed by atoms with Gasteiger partial charge in [-0.05, 0) is 102 Å². The van der Waals surface area contributed by atoms with Crippen LogP contribution in [-0.4, -0.2) is 63.4 Å². The topological polar surface area (TPSA) is 205 Å². The minimum Gasteiger partial charge on any atom is -0.870 e. The van der Waals surface area contributed by atoms with Gasteiger partial charge >= 0.3 is 55.7 Å². The molecule has 15 nitrogen and oxygen atoms in total. The summed E-state index contributed by atoms with van der Waals surface area (Å²) in [6, 6.07) is 13.2. The van der Waals surface area contributed by atoms with Crippen LogP contribution in [0.4, 0.5) is 11.4 Å². The Kier molecular flexibility index (Phi) is 14.9. The molecule has 0 saturated heterocycles. The zero-order chi connectivity index (χ0) is 35.9. The molecule has 52 heavy (non-hydrogen) atoms. The molecule has 6 rings (SSSR count). The Labute approximate surface area is 322 Å². The summed E-state index contributed by atoms with van der Waals surface area (Å²) in [6.07, 6.45) is 1.42. The van der Waals surface area contributed by atoms with Gasteiger partial charge in [0.15, 0.2) is 0 Å². The van der Waals surface area contributed by atoms with E-state index in [1.807, 2.05) is 6.92 Å². The van der Waals surface area contributed by atoms with Gasteiger partial charge in [0.1, 0.15) is 11.5 Å². The minimum absolute atomic E-state index is 0. The van der Waals surface area contributed by atoms with E-state index in [-0.39, 0.29) is 53.8 Å². The summed E-state index contributed by atoms with van der Waals surface area (Å²) >= 11 is 0. The summed E-state index contributed by atoms with van der Waals surface area (Å²) in [5.41, 5.74) is 4.94. The van der Waals surface area contributed by atoms with Gasteiger partial charge in [-0.15, -0.1) is 0 Å². The van der Waals surface area contributed by atoms with Crippen molar-refractivity contribution in [2.75, 3.05) is 6.61 Å². The van der Waals surface area contributed by atoms with Crippen LogP contribution in [0.15, 0.2) is 60.9 Å². The average Bonchev–Trinajstić information content (AvgIpc) is 3.56. The Morgan fingerprint density at radius 1 is 0.808 bits per heavy atom. The number of carbonyl (C=O) groups is 2.